The van der Waals surface area contributed by atoms with Gasteiger partial charge in [0, 0.05) is 44.8 Å². The first-order valence-electron chi connectivity index (χ1n) is 10.3. The second kappa shape index (κ2) is 14.2. The molecule has 1 aromatic carbocycles. The van der Waals surface area contributed by atoms with Crippen LogP contribution in [0, 0.1) is 5.92 Å². The fourth-order valence-electron chi connectivity index (χ4n) is 3.35. The summed E-state index contributed by atoms with van der Waals surface area (Å²) in [7, 11) is 1.75. The van der Waals surface area contributed by atoms with Gasteiger partial charge in [-0.1, -0.05) is 26.0 Å². The molecule has 0 aromatic heterocycles. The van der Waals surface area contributed by atoms with Crippen LogP contribution in [0.15, 0.2) is 29.3 Å². The standard InChI is InChI=1S/C21H34N6O3.HI/c1-15(2)18(27-8-10-30-11-9-27)13-26-21(23-3)25-12-16-4-6-17(7-5-16)20(29)24-14-19(22)28;/h4-7,15,18H,8-14H2,1-3H3,(H2,22,28)(H,24,29)(H2,23,25,26);1H. The zero-order chi connectivity index (χ0) is 21.9. The molecule has 0 spiro atoms. The van der Waals surface area contributed by atoms with E-state index in [0.29, 0.717) is 24.1 Å². The van der Waals surface area contributed by atoms with Crippen LogP contribution in [0.5, 0.6) is 0 Å². The number of guanidine groups is 1. The van der Waals surface area contributed by atoms with Crippen LogP contribution in [0.4, 0.5) is 0 Å². The van der Waals surface area contributed by atoms with E-state index < -0.39 is 5.91 Å². The number of nitrogens with one attached hydrogen (secondary N) is 3. The molecular formula is C21H35IN6O3. The Balaban J connectivity index is 0.00000480. The number of nitrogens with two attached hydrogens (primary N) is 1. The number of hydrogen-bond acceptors (Lipinski definition) is 5. The number of halogens is 1. The van der Waals surface area contributed by atoms with Crippen molar-refractivity contribution < 1.29 is 14.3 Å². The van der Waals surface area contributed by atoms with Gasteiger partial charge >= 0.3 is 0 Å². The summed E-state index contributed by atoms with van der Waals surface area (Å²) in [5, 5.41) is 9.20. The Morgan fingerprint density at radius 2 is 1.77 bits per heavy atom. The van der Waals surface area contributed by atoms with Gasteiger partial charge in [-0.15, -0.1) is 24.0 Å². The van der Waals surface area contributed by atoms with Gasteiger partial charge in [0.25, 0.3) is 5.91 Å². The number of morpholine rings is 1. The third-order valence-electron chi connectivity index (χ3n) is 5.09. The van der Waals surface area contributed by atoms with Crippen LogP contribution in [0.2, 0.25) is 0 Å². The van der Waals surface area contributed by atoms with Crippen molar-refractivity contribution in [2.45, 2.75) is 26.4 Å². The number of rotatable bonds is 9. The summed E-state index contributed by atoms with van der Waals surface area (Å²) in [4.78, 5) is 29.5. The number of aliphatic imine (C=N–C) groups is 1. The van der Waals surface area contributed by atoms with Crippen LogP contribution in [-0.2, 0) is 16.1 Å². The topological polar surface area (TPSA) is 121 Å². The molecule has 174 valence electrons. The zero-order valence-corrected chi connectivity index (χ0v) is 20.8. The van der Waals surface area contributed by atoms with Gasteiger partial charge in [-0.25, -0.2) is 0 Å². The summed E-state index contributed by atoms with van der Waals surface area (Å²) in [5.74, 6) is 0.351. The lowest BCUT2D eigenvalue weighted by Crippen LogP contribution is -2.52. The molecule has 2 amide bonds. The molecule has 0 radical (unpaired) electrons. The molecular weight excluding hydrogens is 511 g/mol. The Hall–Kier alpha value is -1.92. The van der Waals surface area contributed by atoms with E-state index in [1.54, 1.807) is 19.2 Å². The molecule has 1 unspecified atom stereocenters. The molecule has 1 aliphatic rings. The third kappa shape index (κ3) is 9.40. The number of amides is 2. The van der Waals surface area contributed by atoms with E-state index in [-0.39, 0.29) is 36.4 Å². The zero-order valence-electron chi connectivity index (χ0n) is 18.5. The molecule has 9 nitrogen and oxygen atoms in total. The van der Waals surface area contributed by atoms with Crippen molar-refractivity contribution in [2.75, 3.05) is 46.4 Å². The number of carbonyl (C=O) groups excluding carboxylic acids is 2. The van der Waals surface area contributed by atoms with Crippen molar-refractivity contribution in [2.24, 2.45) is 16.6 Å². The second-order valence-electron chi connectivity index (χ2n) is 7.61. The molecule has 31 heavy (non-hydrogen) atoms. The van der Waals surface area contributed by atoms with Crippen LogP contribution in [0.3, 0.4) is 0 Å². The van der Waals surface area contributed by atoms with Crippen LogP contribution in [0.1, 0.15) is 29.8 Å². The van der Waals surface area contributed by atoms with Crippen LogP contribution in [-0.4, -0.2) is 75.2 Å². The molecule has 1 aromatic rings. The molecule has 10 heteroatoms. The van der Waals surface area contributed by atoms with Gasteiger partial charge < -0.3 is 26.4 Å². The van der Waals surface area contributed by atoms with E-state index in [1.807, 2.05) is 12.1 Å². The lowest BCUT2D eigenvalue weighted by atomic mass is 10.0. The quantitative estimate of drug-likeness (QED) is 0.204. The molecule has 1 saturated heterocycles. The molecule has 1 atom stereocenters. The summed E-state index contributed by atoms with van der Waals surface area (Å²) in [6, 6.07) is 7.58. The SMILES string of the molecule is CN=C(NCc1ccc(C(=O)NCC(N)=O)cc1)NCC(C(C)C)N1CCOCC1.I. The van der Waals surface area contributed by atoms with E-state index in [2.05, 4.69) is 39.7 Å². The van der Waals surface area contributed by atoms with Gasteiger partial charge in [0.2, 0.25) is 5.91 Å². The normalized spacial score (nSPS) is 15.7. The van der Waals surface area contributed by atoms with Gasteiger partial charge in [0.1, 0.15) is 0 Å². The Morgan fingerprint density at radius 1 is 1.13 bits per heavy atom. The van der Waals surface area contributed by atoms with Crippen molar-refractivity contribution >= 4 is 41.8 Å². The van der Waals surface area contributed by atoms with E-state index in [1.165, 1.54) is 0 Å². The summed E-state index contributed by atoms with van der Waals surface area (Å²) < 4.78 is 5.47. The minimum Gasteiger partial charge on any atom is -0.379 e. The highest BCUT2D eigenvalue weighted by molar-refractivity contribution is 14.0. The van der Waals surface area contributed by atoms with Gasteiger partial charge in [-0.05, 0) is 23.6 Å². The Morgan fingerprint density at radius 3 is 2.32 bits per heavy atom. The molecule has 1 aliphatic heterocycles. The highest BCUT2D eigenvalue weighted by atomic mass is 127. The predicted molar refractivity (Wildman–Crippen MR) is 133 cm³/mol. The minimum atomic E-state index is -0.573. The van der Waals surface area contributed by atoms with Crippen LogP contribution in [0.25, 0.3) is 0 Å². The Kier molecular flexibility index (Phi) is 12.4. The summed E-state index contributed by atoms with van der Waals surface area (Å²) in [6.45, 7) is 9.15. The fraction of sp³-hybridized carbons (Fsp3) is 0.571. The van der Waals surface area contributed by atoms with Crippen LogP contribution >= 0.6 is 24.0 Å². The van der Waals surface area contributed by atoms with Crippen molar-refractivity contribution in [3.63, 3.8) is 0 Å². The van der Waals surface area contributed by atoms with E-state index in [4.69, 9.17) is 10.5 Å². The molecule has 0 bridgehead atoms. The Bertz CT molecular complexity index is 720. The van der Waals surface area contributed by atoms with Crippen molar-refractivity contribution in [1.29, 1.82) is 0 Å². The highest BCUT2D eigenvalue weighted by Gasteiger charge is 2.23. The maximum Gasteiger partial charge on any atom is 0.251 e. The monoisotopic (exact) mass is 546 g/mol. The summed E-state index contributed by atoms with van der Waals surface area (Å²) >= 11 is 0. The molecule has 0 aliphatic carbocycles. The minimum absolute atomic E-state index is 0. The molecule has 1 heterocycles. The lowest BCUT2D eigenvalue weighted by Gasteiger charge is -2.37. The fourth-order valence-corrected chi connectivity index (χ4v) is 3.35. The first-order chi connectivity index (χ1) is 14.4. The van der Waals surface area contributed by atoms with Crippen molar-refractivity contribution in [1.82, 2.24) is 20.9 Å². The van der Waals surface area contributed by atoms with E-state index in [9.17, 15) is 9.59 Å². The molecule has 2 rings (SSSR count). The number of benzene rings is 1. The maximum atomic E-state index is 11.9. The van der Waals surface area contributed by atoms with E-state index >= 15 is 0 Å². The summed E-state index contributed by atoms with van der Waals surface area (Å²) in [5.41, 5.74) is 6.53. The first-order valence-corrected chi connectivity index (χ1v) is 10.3. The van der Waals surface area contributed by atoms with Crippen LogP contribution < -0.4 is 21.7 Å². The average Bonchev–Trinajstić information content (AvgIpc) is 2.75. The van der Waals surface area contributed by atoms with Gasteiger partial charge in [0.15, 0.2) is 5.96 Å². The van der Waals surface area contributed by atoms with Gasteiger partial charge in [-0.3, -0.25) is 19.5 Å². The summed E-state index contributed by atoms with van der Waals surface area (Å²) in [6.07, 6.45) is 0. The molecule has 1 fully saturated rings. The number of carbonyl (C=O) groups is 2. The Labute approximate surface area is 201 Å². The molecule has 5 N–H and O–H groups in total. The van der Waals surface area contributed by atoms with Gasteiger partial charge in [0.05, 0.1) is 19.8 Å². The van der Waals surface area contributed by atoms with Gasteiger partial charge in [-0.2, -0.15) is 0 Å². The largest absolute Gasteiger partial charge is 0.379 e. The number of nitrogens with zero attached hydrogens (tertiary/aromatic N) is 2. The lowest BCUT2D eigenvalue weighted by molar-refractivity contribution is -0.117. The third-order valence-corrected chi connectivity index (χ3v) is 5.09. The number of ether oxygens (including phenoxy) is 1. The number of primary amides is 1. The second-order valence-corrected chi connectivity index (χ2v) is 7.61. The van der Waals surface area contributed by atoms with Crippen molar-refractivity contribution in [3.05, 3.63) is 35.4 Å². The first kappa shape index (κ1) is 27.1. The average molecular weight is 546 g/mol. The smallest absolute Gasteiger partial charge is 0.251 e. The van der Waals surface area contributed by atoms with Crippen molar-refractivity contribution in [3.8, 4) is 0 Å². The van der Waals surface area contributed by atoms with E-state index in [0.717, 1.165) is 44.4 Å². The number of hydrogen-bond donors (Lipinski definition) is 4. The highest BCUT2D eigenvalue weighted by Crippen LogP contribution is 2.12. The molecule has 0 saturated carbocycles. The predicted octanol–water partition coefficient (Wildman–Crippen LogP) is 0.542. The maximum absolute atomic E-state index is 11.9.